The van der Waals surface area contributed by atoms with Crippen LogP contribution in [0.1, 0.15) is 32.3 Å². The van der Waals surface area contributed by atoms with E-state index in [1.807, 2.05) is 26.0 Å². The van der Waals surface area contributed by atoms with Gasteiger partial charge >= 0.3 is 5.97 Å². The highest BCUT2D eigenvalue weighted by atomic mass is 16.4. The van der Waals surface area contributed by atoms with Crippen LogP contribution in [-0.2, 0) is 16.0 Å². The van der Waals surface area contributed by atoms with Crippen molar-refractivity contribution in [3.63, 3.8) is 0 Å². The molecule has 0 radical (unpaired) electrons. The van der Waals surface area contributed by atoms with Gasteiger partial charge in [0.1, 0.15) is 6.04 Å². The topological polar surface area (TPSA) is 79.3 Å². The van der Waals surface area contributed by atoms with Gasteiger partial charge in [-0.1, -0.05) is 13.8 Å². The molecule has 2 N–H and O–H groups in total. The monoisotopic (exact) mass is 264 g/mol. The molecule has 1 heterocycles. The number of carbonyl (C=O) groups excluding carboxylic acids is 1. The Morgan fingerprint density at radius 3 is 2.47 bits per heavy atom. The van der Waals surface area contributed by atoms with Gasteiger partial charge in [0.05, 0.1) is 0 Å². The number of nitrogens with zero attached hydrogens (tertiary/aromatic N) is 1. The molecule has 5 heteroatoms. The number of carbonyl (C=O) groups is 2. The molecule has 0 bridgehead atoms. The number of carboxylic acids is 1. The van der Waals surface area contributed by atoms with E-state index in [4.69, 9.17) is 5.11 Å². The van der Waals surface area contributed by atoms with Crippen LogP contribution in [0, 0.1) is 5.92 Å². The zero-order chi connectivity index (χ0) is 14.3. The molecule has 19 heavy (non-hydrogen) atoms. The van der Waals surface area contributed by atoms with Crippen LogP contribution in [-0.4, -0.2) is 28.0 Å². The molecule has 1 aromatic rings. The number of rotatable bonds is 7. The largest absolute Gasteiger partial charge is 0.480 e. The Morgan fingerprint density at radius 1 is 1.32 bits per heavy atom. The predicted molar refractivity (Wildman–Crippen MR) is 71.6 cm³/mol. The van der Waals surface area contributed by atoms with Crippen molar-refractivity contribution in [3.05, 3.63) is 30.1 Å². The van der Waals surface area contributed by atoms with Crippen LogP contribution in [0.4, 0.5) is 0 Å². The first-order valence-corrected chi connectivity index (χ1v) is 6.40. The van der Waals surface area contributed by atoms with E-state index in [2.05, 4.69) is 10.3 Å². The van der Waals surface area contributed by atoms with Crippen LogP contribution in [0.15, 0.2) is 24.5 Å². The van der Waals surface area contributed by atoms with Crippen molar-refractivity contribution < 1.29 is 14.7 Å². The molecule has 0 unspecified atom stereocenters. The average Bonchev–Trinajstić information content (AvgIpc) is 2.36. The smallest absolute Gasteiger partial charge is 0.326 e. The second-order valence-corrected chi connectivity index (χ2v) is 4.94. The number of hydrogen-bond acceptors (Lipinski definition) is 3. The zero-order valence-electron chi connectivity index (χ0n) is 11.3. The first-order valence-electron chi connectivity index (χ1n) is 6.40. The van der Waals surface area contributed by atoms with Crippen molar-refractivity contribution in [2.24, 2.45) is 5.92 Å². The van der Waals surface area contributed by atoms with Crippen LogP contribution in [0.3, 0.4) is 0 Å². The summed E-state index contributed by atoms with van der Waals surface area (Å²) in [5.74, 6) is -0.988. The first kappa shape index (κ1) is 15.1. The van der Waals surface area contributed by atoms with E-state index in [-0.39, 0.29) is 18.2 Å². The minimum atomic E-state index is -0.981. The SMILES string of the molecule is CC(C)C[C@H](NC(=O)CCc1ccncc1)C(=O)O. The molecule has 1 aromatic heterocycles. The molecular weight excluding hydrogens is 244 g/mol. The summed E-state index contributed by atoms with van der Waals surface area (Å²) in [6, 6.07) is 2.89. The van der Waals surface area contributed by atoms with Gasteiger partial charge < -0.3 is 10.4 Å². The lowest BCUT2D eigenvalue weighted by Gasteiger charge is -2.16. The molecule has 1 rings (SSSR count). The Morgan fingerprint density at radius 2 is 1.95 bits per heavy atom. The van der Waals surface area contributed by atoms with Crippen LogP contribution in [0.5, 0.6) is 0 Å². The van der Waals surface area contributed by atoms with Crippen LogP contribution < -0.4 is 5.32 Å². The normalized spacial score (nSPS) is 12.2. The van der Waals surface area contributed by atoms with Crippen molar-refractivity contribution in [3.8, 4) is 0 Å². The lowest BCUT2D eigenvalue weighted by atomic mass is 10.0. The van der Waals surface area contributed by atoms with Crippen molar-refractivity contribution in [1.29, 1.82) is 0 Å². The summed E-state index contributed by atoms with van der Waals surface area (Å²) in [7, 11) is 0. The third-order valence-electron chi connectivity index (χ3n) is 2.73. The standard InChI is InChI=1S/C14H20N2O3/c1-10(2)9-12(14(18)19)16-13(17)4-3-11-5-7-15-8-6-11/h5-8,10,12H,3-4,9H2,1-2H3,(H,16,17)(H,18,19)/t12-/m0/s1. The summed E-state index contributed by atoms with van der Waals surface area (Å²) in [4.78, 5) is 26.6. The lowest BCUT2D eigenvalue weighted by molar-refractivity contribution is -0.142. The number of aryl methyl sites for hydroxylation is 1. The van der Waals surface area contributed by atoms with E-state index >= 15 is 0 Å². The van der Waals surface area contributed by atoms with Crippen LogP contribution in [0.25, 0.3) is 0 Å². The predicted octanol–water partition coefficient (Wildman–Crippen LogP) is 1.63. The minimum absolute atomic E-state index is 0.224. The highest BCUT2D eigenvalue weighted by molar-refractivity contribution is 5.83. The minimum Gasteiger partial charge on any atom is -0.480 e. The molecule has 0 saturated carbocycles. The van der Waals surface area contributed by atoms with E-state index in [1.54, 1.807) is 12.4 Å². The molecule has 1 amide bonds. The van der Waals surface area contributed by atoms with Crippen molar-refractivity contribution in [1.82, 2.24) is 10.3 Å². The molecular formula is C14H20N2O3. The maximum Gasteiger partial charge on any atom is 0.326 e. The van der Waals surface area contributed by atoms with E-state index in [0.717, 1.165) is 5.56 Å². The Hall–Kier alpha value is -1.91. The summed E-state index contributed by atoms with van der Waals surface area (Å²) < 4.78 is 0. The average molecular weight is 264 g/mol. The highest BCUT2D eigenvalue weighted by Crippen LogP contribution is 2.06. The highest BCUT2D eigenvalue weighted by Gasteiger charge is 2.20. The molecule has 0 aromatic carbocycles. The number of aliphatic carboxylic acids is 1. The first-order chi connectivity index (χ1) is 8.99. The molecule has 0 spiro atoms. The summed E-state index contributed by atoms with van der Waals surface area (Å²) in [5.41, 5.74) is 1.01. The van der Waals surface area contributed by atoms with Crippen molar-refractivity contribution in [2.45, 2.75) is 39.2 Å². The van der Waals surface area contributed by atoms with Crippen LogP contribution in [0.2, 0.25) is 0 Å². The Labute approximate surface area is 113 Å². The van der Waals surface area contributed by atoms with Gasteiger partial charge in [-0.3, -0.25) is 9.78 Å². The second-order valence-electron chi connectivity index (χ2n) is 4.94. The van der Waals surface area contributed by atoms with Gasteiger partial charge in [-0.05, 0) is 36.5 Å². The molecule has 5 nitrogen and oxygen atoms in total. The fraction of sp³-hybridized carbons (Fsp3) is 0.500. The molecule has 0 aliphatic carbocycles. The molecule has 1 atom stereocenters. The Balaban J connectivity index is 2.42. The van der Waals surface area contributed by atoms with Gasteiger partial charge in [0, 0.05) is 18.8 Å². The number of hydrogen-bond donors (Lipinski definition) is 2. The van der Waals surface area contributed by atoms with Gasteiger partial charge in [-0.2, -0.15) is 0 Å². The van der Waals surface area contributed by atoms with Gasteiger partial charge in [0.2, 0.25) is 5.91 Å². The number of amides is 1. The van der Waals surface area contributed by atoms with E-state index in [0.29, 0.717) is 12.8 Å². The number of nitrogens with one attached hydrogen (secondary N) is 1. The summed E-state index contributed by atoms with van der Waals surface area (Å²) in [6.45, 7) is 3.86. The summed E-state index contributed by atoms with van der Waals surface area (Å²) in [5, 5.41) is 11.6. The summed E-state index contributed by atoms with van der Waals surface area (Å²) >= 11 is 0. The van der Waals surface area contributed by atoms with Crippen molar-refractivity contribution >= 4 is 11.9 Å². The maximum absolute atomic E-state index is 11.7. The second kappa shape index (κ2) is 7.51. The molecule has 0 aliphatic rings. The van der Waals surface area contributed by atoms with E-state index in [9.17, 15) is 9.59 Å². The maximum atomic E-state index is 11.7. The lowest BCUT2D eigenvalue weighted by Crippen LogP contribution is -2.41. The number of pyridine rings is 1. The number of aromatic nitrogens is 1. The third-order valence-corrected chi connectivity index (χ3v) is 2.73. The third kappa shape index (κ3) is 5.99. The Bertz CT molecular complexity index is 418. The van der Waals surface area contributed by atoms with Crippen molar-refractivity contribution in [2.75, 3.05) is 0 Å². The Kier molecular flexibility index (Phi) is 5.99. The molecule has 104 valence electrons. The summed E-state index contributed by atoms with van der Waals surface area (Å²) in [6.07, 6.45) is 4.66. The van der Waals surface area contributed by atoms with Gasteiger partial charge in [-0.15, -0.1) is 0 Å². The number of carboxylic acid groups (broad SMARTS) is 1. The molecule has 0 saturated heterocycles. The molecule has 0 aliphatic heterocycles. The van der Waals surface area contributed by atoms with E-state index in [1.165, 1.54) is 0 Å². The fourth-order valence-electron chi connectivity index (χ4n) is 1.77. The van der Waals surface area contributed by atoms with Gasteiger partial charge in [0.15, 0.2) is 0 Å². The zero-order valence-corrected chi connectivity index (χ0v) is 11.3. The van der Waals surface area contributed by atoms with E-state index < -0.39 is 12.0 Å². The van der Waals surface area contributed by atoms with Gasteiger partial charge in [0.25, 0.3) is 0 Å². The quantitative estimate of drug-likeness (QED) is 0.784. The fourth-order valence-corrected chi connectivity index (χ4v) is 1.77. The van der Waals surface area contributed by atoms with Crippen LogP contribution >= 0.6 is 0 Å². The molecule has 0 fully saturated rings. The van der Waals surface area contributed by atoms with Gasteiger partial charge in [-0.25, -0.2) is 4.79 Å².